The summed E-state index contributed by atoms with van der Waals surface area (Å²) < 4.78 is 0. The van der Waals surface area contributed by atoms with Gasteiger partial charge in [-0.05, 0) is 30.6 Å². The molecule has 1 atom stereocenters. The van der Waals surface area contributed by atoms with E-state index in [1.165, 1.54) is 25.7 Å². The molecular weight excluding hydrogens is 198 g/mol. The van der Waals surface area contributed by atoms with E-state index in [-0.39, 0.29) is 6.23 Å². The van der Waals surface area contributed by atoms with Crippen molar-refractivity contribution >= 4 is 0 Å². The summed E-state index contributed by atoms with van der Waals surface area (Å²) in [5.74, 6) is 2.09. The van der Waals surface area contributed by atoms with E-state index in [1.54, 1.807) is 0 Å². The predicted octanol–water partition coefficient (Wildman–Crippen LogP) is 3.11. The van der Waals surface area contributed by atoms with Gasteiger partial charge in [-0.3, -0.25) is 4.90 Å². The zero-order valence-corrected chi connectivity index (χ0v) is 11.4. The fourth-order valence-corrected chi connectivity index (χ4v) is 2.50. The summed E-state index contributed by atoms with van der Waals surface area (Å²) in [6.07, 6.45) is 5.05. The molecule has 1 saturated heterocycles. The molecule has 0 aromatic rings. The van der Waals surface area contributed by atoms with E-state index in [9.17, 15) is 5.11 Å². The Bertz CT molecular complexity index is 183. The van der Waals surface area contributed by atoms with Crippen molar-refractivity contribution in [2.24, 2.45) is 17.8 Å². The van der Waals surface area contributed by atoms with Gasteiger partial charge in [-0.25, -0.2) is 0 Å². The predicted molar refractivity (Wildman–Crippen MR) is 69.2 cm³/mol. The van der Waals surface area contributed by atoms with Crippen LogP contribution in [0.1, 0.15) is 53.4 Å². The average Bonchev–Trinajstić information content (AvgIpc) is 2.26. The minimum absolute atomic E-state index is 0.231. The van der Waals surface area contributed by atoms with E-state index >= 15 is 0 Å². The van der Waals surface area contributed by atoms with Gasteiger partial charge in [-0.15, -0.1) is 0 Å². The van der Waals surface area contributed by atoms with Gasteiger partial charge in [0.2, 0.25) is 0 Å². The molecule has 1 fully saturated rings. The quantitative estimate of drug-likeness (QED) is 0.780. The number of hydrogen-bond donors (Lipinski definition) is 1. The van der Waals surface area contributed by atoms with Crippen molar-refractivity contribution in [2.75, 3.05) is 13.1 Å². The molecule has 1 rings (SSSR count). The molecule has 1 unspecified atom stereocenters. The number of likely N-dealkylation sites (tertiary alicyclic amines) is 1. The highest BCUT2D eigenvalue weighted by Crippen LogP contribution is 2.25. The number of aliphatic hydroxyl groups is 1. The van der Waals surface area contributed by atoms with Crippen molar-refractivity contribution < 1.29 is 5.11 Å². The summed E-state index contributed by atoms with van der Waals surface area (Å²) >= 11 is 0. The summed E-state index contributed by atoms with van der Waals surface area (Å²) in [5, 5.41) is 9.98. The molecule has 0 bridgehead atoms. The van der Waals surface area contributed by atoms with Crippen LogP contribution in [0.2, 0.25) is 0 Å². The highest BCUT2D eigenvalue weighted by atomic mass is 16.3. The summed E-state index contributed by atoms with van der Waals surface area (Å²) in [4.78, 5) is 2.25. The van der Waals surface area contributed by atoms with Gasteiger partial charge in [0.15, 0.2) is 0 Å². The zero-order chi connectivity index (χ0) is 12.1. The van der Waals surface area contributed by atoms with E-state index < -0.39 is 0 Å². The molecule has 2 heteroatoms. The van der Waals surface area contributed by atoms with Crippen molar-refractivity contribution in [1.82, 2.24) is 4.90 Å². The normalized spacial score (nSPS) is 21.9. The van der Waals surface area contributed by atoms with Crippen LogP contribution in [0.15, 0.2) is 0 Å². The molecule has 0 amide bonds. The summed E-state index contributed by atoms with van der Waals surface area (Å²) in [5.41, 5.74) is 0. The molecule has 0 spiro atoms. The van der Waals surface area contributed by atoms with Crippen molar-refractivity contribution in [3.63, 3.8) is 0 Å². The molecule has 1 aliphatic heterocycles. The van der Waals surface area contributed by atoms with Gasteiger partial charge < -0.3 is 5.11 Å². The average molecular weight is 227 g/mol. The number of piperidine rings is 1. The summed E-state index contributed by atoms with van der Waals surface area (Å²) in [7, 11) is 0. The fraction of sp³-hybridized carbons (Fsp3) is 1.00. The lowest BCUT2D eigenvalue weighted by Gasteiger charge is -2.36. The van der Waals surface area contributed by atoms with Gasteiger partial charge >= 0.3 is 0 Å². The van der Waals surface area contributed by atoms with Crippen LogP contribution in [0.3, 0.4) is 0 Å². The number of hydrogen-bond acceptors (Lipinski definition) is 2. The molecular formula is C14H29NO. The third-order valence-corrected chi connectivity index (χ3v) is 3.77. The molecule has 0 saturated carbocycles. The Morgan fingerprint density at radius 2 is 1.69 bits per heavy atom. The second-order valence-corrected chi connectivity index (χ2v) is 6.11. The van der Waals surface area contributed by atoms with Crippen molar-refractivity contribution in [3.05, 3.63) is 0 Å². The standard InChI is InChI=1S/C14H29NO/c1-11(2)5-6-13-7-9-15(10-8-13)14(16)12(3)4/h11-14,16H,5-10H2,1-4H3. The van der Waals surface area contributed by atoms with Gasteiger partial charge in [0.1, 0.15) is 6.23 Å². The lowest BCUT2D eigenvalue weighted by molar-refractivity contribution is -0.0470. The van der Waals surface area contributed by atoms with Crippen LogP contribution in [-0.2, 0) is 0 Å². The SMILES string of the molecule is CC(C)CCC1CCN(C(O)C(C)C)CC1. The number of aliphatic hydroxyl groups excluding tert-OH is 1. The number of rotatable bonds is 5. The topological polar surface area (TPSA) is 23.5 Å². The van der Waals surface area contributed by atoms with Crippen LogP contribution < -0.4 is 0 Å². The first kappa shape index (κ1) is 14.0. The van der Waals surface area contributed by atoms with Crippen molar-refractivity contribution in [3.8, 4) is 0 Å². The number of nitrogens with zero attached hydrogens (tertiary/aromatic N) is 1. The molecule has 16 heavy (non-hydrogen) atoms. The third kappa shape index (κ3) is 4.42. The Hall–Kier alpha value is -0.0800. The molecule has 2 nitrogen and oxygen atoms in total. The molecule has 0 radical (unpaired) electrons. The van der Waals surface area contributed by atoms with Crippen LogP contribution in [0, 0.1) is 17.8 Å². The first-order valence-electron chi connectivity index (χ1n) is 6.92. The Kier molecular flexibility index (Phi) is 5.77. The Labute approximate surface area is 101 Å². The van der Waals surface area contributed by atoms with Gasteiger partial charge in [0.25, 0.3) is 0 Å². The maximum atomic E-state index is 9.98. The summed E-state index contributed by atoms with van der Waals surface area (Å²) in [6, 6.07) is 0. The first-order chi connectivity index (χ1) is 7.50. The largest absolute Gasteiger partial charge is 0.378 e. The molecule has 1 heterocycles. The summed E-state index contributed by atoms with van der Waals surface area (Å²) in [6.45, 7) is 11.0. The van der Waals surface area contributed by atoms with E-state index in [1.807, 2.05) is 0 Å². The second-order valence-electron chi connectivity index (χ2n) is 6.11. The van der Waals surface area contributed by atoms with Gasteiger partial charge in [-0.1, -0.05) is 40.5 Å². The highest BCUT2D eigenvalue weighted by Gasteiger charge is 2.25. The van der Waals surface area contributed by atoms with E-state index in [2.05, 4.69) is 32.6 Å². The van der Waals surface area contributed by atoms with Crippen molar-refractivity contribution in [1.29, 1.82) is 0 Å². The molecule has 96 valence electrons. The Balaban J connectivity index is 2.23. The zero-order valence-electron chi connectivity index (χ0n) is 11.4. The van der Waals surface area contributed by atoms with Gasteiger partial charge in [0.05, 0.1) is 0 Å². The van der Waals surface area contributed by atoms with Crippen LogP contribution in [0.5, 0.6) is 0 Å². The third-order valence-electron chi connectivity index (χ3n) is 3.77. The maximum absolute atomic E-state index is 9.98. The van der Waals surface area contributed by atoms with E-state index in [0.29, 0.717) is 5.92 Å². The lowest BCUT2D eigenvalue weighted by Crippen LogP contribution is -2.43. The molecule has 0 aromatic carbocycles. The second kappa shape index (κ2) is 6.61. The fourth-order valence-electron chi connectivity index (χ4n) is 2.50. The first-order valence-corrected chi connectivity index (χ1v) is 6.92. The molecule has 0 aliphatic carbocycles. The van der Waals surface area contributed by atoms with Crippen molar-refractivity contribution in [2.45, 2.75) is 59.6 Å². The maximum Gasteiger partial charge on any atom is 0.109 e. The molecule has 1 aliphatic rings. The Morgan fingerprint density at radius 3 is 2.12 bits per heavy atom. The lowest BCUT2D eigenvalue weighted by atomic mass is 9.89. The van der Waals surface area contributed by atoms with E-state index in [0.717, 1.165) is 24.9 Å². The van der Waals surface area contributed by atoms with E-state index in [4.69, 9.17) is 0 Å². The van der Waals surface area contributed by atoms with Crippen LogP contribution in [-0.4, -0.2) is 29.3 Å². The van der Waals surface area contributed by atoms with Crippen LogP contribution >= 0.6 is 0 Å². The van der Waals surface area contributed by atoms with Gasteiger partial charge in [-0.2, -0.15) is 0 Å². The van der Waals surface area contributed by atoms with Crippen LogP contribution in [0.25, 0.3) is 0 Å². The smallest absolute Gasteiger partial charge is 0.109 e. The van der Waals surface area contributed by atoms with Gasteiger partial charge in [0, 0.05) is 13.1 Å². The highest BCUT2D eigenvalue weighted by molar-refractivity contribution is 4.75. The minimum Gasteiger partial charge on any atom is -0.378 e. The molecule has 0 aromatic heterocycles. The minimum atomic E-state index is -0.231. The molecule has 1 N–H and O–H groups in total. The Morgan fingerprint density at radius 1 is 1.12 bits per heavy atom. The van der Waals surface area contributed by atoms with Crippen LogP contribution in [0.4, 0.5) is 0 Å². The monoisotopic (exact) mass is 227 g/mol.